The molecule has 260 valence electrons. The Morgan fingerprint density at radius 3 is 1.73 bits per heavy atom. The molecule has 1 aliphatic rings. The Balaban J connectivity index is 1.02. The summed E-state index contributed by atoms with van der Waals surface area (Å²) < 4.78 is 2.63. The summed E-state index contributed by atoms with van der Waals surface area (Å²) in [7, 11) is 0. The molecule has 0 bridgehead atoms. The average molecular weight is 720 g/mol. The molecule has 2 heteroatoms. The van der Waals surface area contributed by atoms with Gasteiger partial charge in [-0.25, -0.2) is 0 Å². The van der Waals surface area contributed by atoms with Crippen molar-refractivity contribution in [1.82, 2.24) is 0 Å². The zero-order valence-electron chi connectivity index (χ0n) is 30.8. The van der Waals surface area contributed by atoms with Crippen LogP contribution in [0.3, 0.4) is 0 Å². The van der Waals surface area contributed by atoms with E-state index in [0.717, 1.165) is 11.4 Å². The molecule has 1 nitrogen and oxygen atoms in total. The van der Waals surface area contributed by atoms with Crippen molar-refractivity contribution >= 4 is 70.1 Å². The molecule has 10 aromatic rings. The molecule has 1 heterocycles. The second-order valence-corrected chi connectivity index (χ2v) is 16.5. The monoisotopic (exact) mass is 719 g/mol. The van der Waals surface area contributed by atoms with Crippen LogP contribution < -0.4 is 4.90 Å². The van der Waals surface area contributed by atoms with Gasteiger partial charge in [-0.3, -0.25) is 0 Å². The fourth-order valence-electron chi connectivity index (χ4n) is 8.91. The van der Waals surface area contributed by atoms with Crippen LogP contribution in [0.5, 0.6) is 0 Å². The predicted molar refractivity (Wildman–Crippen MR) is 237 cm³/mol. The van der Waals surface area contributed by atoms with Gasteiger partial charge in [-0.15, -0.1) is 11.3 Å². The van der Waals surface area contributed by atoms with E-state index in [1.165, 1.54) is 91.9 Å². The van der Waals surface area contributed by atoms with Gasteiger partial charge in [-0.05, 0) is 127 Å². The van der Waals surface area contributed by atoms with Gasteiger partial charge >= 0.3 is 0 Å². The van der Waals surface area contributed by atoms with E-state index < -0.39 is 0 Å². The number of hydrogen-bond acceptors (Lipinski definition) is 2. The lowest BCUT2D eigenvalue weighted by atomic mass is 9.82. The van der Waals surface area contributed by atoms with E-state index in [4.69, 9.17) is 0 Å². The van der Waals surface area contributed by atoms with Crippen LogP contribution in [0.25, 0.3) is 75.1 Å². The second-order valence-electron chi connectivity index (χ2n) is 15.4. The Labute approximate surface area is 325 Å². The Morgan fingerprint density at radius 1 is 0.364 bits per heavy atom. The van der Waals surface area contributed by atoms with Crippen molar-refractivity contribution in [3.05, 3.63) is 199 Å². The van der Waals surface area contributed by atoms with Gasteiger partial charge in [0.2, 0.25) is 0 Å². The van der Waals surface area contributed by atoms with E-state index in [0.29, 0.717) is 0 Å². The van der Waals surface area contributed by atoms with Gasteiger partial charge in [0.15, 0.2) is 0 Å². The number of hydrogen-bond donors (Lipinski definition) is 0. The normalized spacial score (nSPS) is 13.1. The first-order valence-electron chi connectivity index (χ1n) is 19.1. The molecule has 0 saturated heterocycles. The maximum absolute atomic E-state index is 2.45. The number of nitrogens with zero attached hydrogens (tertiary/aromatic N) is 1. The molecular weight excluding hydrogens is 683 g/mol. The molecule has 0 fully saturated rings. The molecule has 11 rings (SSSR count). The third kappa shape index (κ3) is 5.21. The van der Waals surface area contributed by atoms with E-state index in [9.17, 15) is 0 Å². The average Bonchev–Trinajstić information content (AvgIpc) is 3.72. The molecule has 9 aromatic carbocycles. The zero-order valence-corrected chi connectivity index (χ0v) is 31.6. The first kappa shape index (κ1) is 32.0. The molecule has 0 spiro atoms. The maximum Gasteiger partial charge on any atom is 0.0468 e. The minimum absolute atomic E-state index is 0.0940. The minimum Gasteiger partial charge on any atom is -0.310 e. The summed E-state index contributed by atoms with van der Waals surface area (Å²) in [6, 6.07) is 69.8. The first-order valence-corrected chi connectivity index (χ1v) is 19.9. The molecule has 0 radical (unpaired) electrons. The van der Waals surface area contributed by atoms with Gasteiger partial charge in [0.25, 0.3) is 0 Å². The van der Waals surface area contributed by atoms with Gasteiger partial charge < -0.3 is 4.90 Å². The molecule has 0 unspecified atom stereocenters. The van der Waals surface area contributed by atoms with Crippen molar-refractivity contribution in [2.24, 2.45) is 0 Å². The Hall–Kier alpha value is -6.48. The summed E-state index contributed by atoms with van der Waals surface area (Å²) in [6.45, 7) is 4.72. The fraction of sp³-hybridized carbons (Fsp3) is 0.0566. The summed E-state index contributed by atoms with van der Waals surface area (Å²) in [4.78, 5) is 2.45. The Morgan fingerprint density at radius 2 is 0.909 bits per heavy atom. The van der Waals surface area contributed by atoms with Crippen LogP contribution in [0, 0.1) is 0 Å². The van der Waals surface area contributed by atoms with Crippen molar-refractivity contribution in [2.45, 2.75) is 19.3 Å². The predicted octanol–water partition coefficient (Wildman–Crippen LogP) is 15.5. The van der Waals surface area contributed by atoms with E-state index in [1.807, 2.05) is 11.3 Å². The maximum atomic E-state index is 2.45. The highest BCUT2D eigenvalue weighted by molar-refractivity contribution is 7.25. The van der Waals surface area contributed by atoms with Gasteiger partial charge in [0.05, 0.1) is 0 Å². The number of rotatable bonds is 5. The standard InChI is InChI=1S/C53H37NS/c1-53(2)49-13-7-5-11-45(49)46-27-25-44(33-50(46)53)54(43-26-28-52-48(32-43)47-12-6-8-14-51(47)55-52)42-24-23-37-20-22-40(30-41(37)31-42)36-17-15-35(16-18-36)39-21-19-34-9-3-4-10-38(34)29-39/h3-33H,1-2H3. The fourth-order valence-corrected chi connectivity index (χ4v) is 9.99. The molecule has 0 saturated carbocycles. The number of anilines is 3. The SMILES string of the molecule is CC1(C)c2ccccc2-c2ccc(N(c3ccc4ccc(-c5ccc(-c6ccc7ccccc7c6)cc5)cc4c3)c3ccc4sc5ccccc5c4c3)cc21. The van der Waals surface area contributed by atoms with Crippen LogP contribution in [-0.4, -0.2) is 0 Å². The second kappa shape index (κ2) is 12.3. The summed E-state index contributed by atoms with van der Waals surface area (Å²) in [5.74, 6) is 0. The van der Waals surface area contributed by atoms with Gasteiger partial charge in [0.1, 0.15) is 0 Å². The van der Waals surface area contributed by atoms with Crippen LogP contribution in [0.15, 0.2) is 188 Å². The van der Waals surface area contributed by atoms with Crippen molar-refractivity contribution < 1.29 is 0 Å². The molecule has 55 heavy (non-hydrogen) atoms. The molecule has 0 N–H and O–H groups in total. The smallest absolute Gasteiger partial charge is 0.0468 e. The molecule has 1 aliphatic carbocycles. The summed E-state index contributed by atoms with van der Waals surface area (Å²) in [6.07, 6.45) is 0. The van der Waals surface area contributed by atoms with Crippen LogP contribution >= 0.6 is 11.3 Å². The van der Waals surface area contributed by atoms with Crippen LogP contribution in [0.4, 0.5) is 17.1 Å². The summed E-state index contributed by atoms with van der Waals surface area (Å²) in [5.41, 5.74) is 13.7. The third-order valence-corrected chi connectivity index (χ3v) is 13.0. The van der Waals surface area contributed by atoms with E-state index in [-0.39, 0.29) is 5.41 Å². The number of thiophene rings is 1. The Kier molecular flexibility index (Phi) is 7.14. The summed E-state index contributed by atoms with van der Waals surface area (Å²) in [5, 5.41) is 7.58. The van der Waals surface area contributed by atoms with Gasteiger partial charge in [-0.2, -0.15) is 0 Å². The lowest BCUT2D eigenvalue weighted by Crippen LogP contribution is -2.16. The van der Waals surface area contributed by atoms with E-state index in [1.54, 1.807) is 0 Å². The molecule has 0 aliphatic heterocycles. The number of fused-ring (bicyclic) bond motifs is 8. The van der Waals surface area contributed by atoms with Gasteiger partial charge in [0, 0.05) is 42.6 Å². The number of benzene rings is 9. The highest BCUT2D eigenvalue weighted by Crippen LogP contribution is 2.51. The summed E-state index contributed by atoms with van der Waals surface area (Å²) >= 11 is 1.87. The molecule has 0 atom stereocenters. The van der Waals surface area contributed by atoms with Crippen LogP contribution in [0.1, 0.15) is 25.0 Å². The largest absolute Gasteiger partial charge is 0.310 e. The highest BCUT2D eigenvalue weighted by atomic mass is 32.1. The highest BCUT2D eigenvalue weighted by Gasteiger charge is 2.35. The molecule has 0 amide bonds. The first-order chi connectivity index (χ1) is 27.0. The van der Waals surface area contributed by atoms with Crippen molar-refractivity contribution in [3.8, 4) is 33.4 Å². The van der Waals surface area contributed by atoms with E-state index >= 15 is 0 Å². The van der Waals surface area contributed by atoms with Crippen molar-refractivity contribution in [1.29, 1.82) is 0 Å². The lowest BCUT2D eigenvalue weighted by molar-refractivity contribution is 0.660. The lowest BCUT2D eigenvalue weighted by Gasteiger charge is -2.28. The molecular formula is C53H37NS. The van der Waals surface area contributed by atoms with Crippen LogP contribution in [0.2, 0.25) is 0 Å². The van der Waals surface area contributed by atoms with Crippen molar-refractivity contribution in [3.63, 3.8) is 0 Å². The van der Waals surface area contributed by atoms with Crippen LogP contribution in [-0.2, 0) is 5.41 Å². The Bertz CT molecular complexity index is 3130. The molecule has 1 aromatic heterocycles. The van der Waals surface area contributed by atoms with Crippen molar-refractivity contribution in [2.75, 3.05) is 4.90 Å². The topological polar surface area (TPSA) is 3.24 Å². The zero-order chi connectivity index (χ0) is 36.7. The van der Waals surface area contributed by atoms with Gasteiger partial charge in [-0.1, -0.05) is 141 Å². The third-order valence-electron chi connectivity index (χ3n) is 11.8. The van der Waals surface area contributed by atoms with E-state index in [2.05, 4.69) is 207 Å². The minimum atomic E-state index is -0.0940. The quantitative estimate of drug-likeness (QED) is 0.171.